The molecular weight excluding hydrogens is 190 g/mol. The molecule has 0 amide bonds. The summed E-state index contributed by atoms with van der Waals surface area (Å²) >= 11 is 0. The Morgan fingerprint density at radius 2 is 2.27 bits per heavy atom. The van der Waals surface area contributed by atoms with Gasteiger partial charge in [0, 0.05) is 31.5 Å². The summed E-state index contributed by atoms with van der Waals surface area (Å²) in [5, 5.41) is 7.81. The van der Waals surface area contributed by atoms with Gasteiger partial charge in [0.15, 0.2) is 0 Å². The minimum absolute atomic E-state index is 0.506. The number of aromatic nitrogens is 2. The Hall–Kier alpha value is -0.870. The van der Waals surface area contributed by atoms with Crippen molar-refractivity contribution in [2.24, 2.45) is 0 Å². The number of hydrogen-bond donors (Lipinski definition) is 1. The van der Waals surface area contributed by atoms with Crippen molar-refractivity contribution in [3.05, 3.63) is 17.5 Å². The second-order valence-corrected chi connectivity index (χ2v) is 4.03. The molecule has 0 aliphatic heterocycles. The Bertz CT molecular complexity index is 294. The molecule has 0 saturated carbocycles. The molecule has 4 heteroatoms. The lowest BCUT2D eigenvalue weighted by Crippen LogP contribution is -2.21. The molecule has 0 unspecified atom stereocenters. The first kappa shape index (κ1) is 12.2. The molecule has 86 valence electrons. The van der Waals surface area contributed by atoms with Gasteiger partial charge in [0.25, 0.3) is 0 Å². The van der Waals surface area contributed by atoms with Gasteiger partial charge in [-0.1, -0.05) is 13.8 Å². The van der Waals surface area contributed by atoms with E-state index in [1.165, 1.54) is 5.56 Å². The third-order valence-corrected chi connectivity index (χ3v) is 2.27. The van der Waals surface area contributed by atoms with Gasteiger partial charge in [-0.3, -0.25) is 4.68 Å². The maximum absolute atomic E-state index is 5.02. The second kappa shape index (κ2) is 5.88. The van der Waals surface area contributed by atoms with Crippen LogP contribution in [0.25, 0.3) is 0 Å². The normalized spacial score (nSPS) is 11.3. The number of nitrogens with zero attached hydrogens (tertiary/aromatic N) is 2. The maximum Gasteiger partial charge on any atom is 0.0658 e. The van der Waals surface area contributed by atoms with Gasteiger partial charge in [0.2, 0.25) is 0 Å². The number of ether oxygens (including phenoxy) is 1. The van der Waals surface area contributed by atoms with Crippen LogP contribution in [0, 0.1) is 6.92 Å². The first-order valence-corrected chi connectivity index (χ1v) is 5.38. The van der Waals surface area contributed by atoms with E-state index in [0.29, 0.717) is 12.6 Å². The fraction of sp³-hybridized carbons (Fsp3) is 0.727. The molecule has 1 heterocycles. The van der Waals surface area contributed by atoms with Crippen molar-refractivity contribution in [2.75, 3.05) is 13.7 Å². The van der Waals surface area contributed by atoms with Crippen molar-refractivity contribution in [2.45, 2.75) is 39.9 Å². The zero-order valence-corrected chi connectivity index (χ0v) is 10.1. The lowest BCUT2D eigenvalue weighted by molar-refractivity contribution is 0.183. The molecule has 0 saturated heterocycles. The number of nitrogens with one attached hydrogen (secondary N) is 1. The molecule has 1 aromatic rings. The minimum atomic E-state index is 0.506. The molecule has 0 fully saturated rings. The summed E-state index contributed by atoms with van der Waals surface area (Å²) in [4.78, 5) is 0. The van der Waals surface area contributed by atoms with E-state index in [4.69, 9.17) is 4.74 Å². The van der Waals surface area contributed by atoms with Crippen molar-refractivity contribution < 1.29 is 4.74 Å². The highest BCUT2D eigenvalue weighted by atomic mass is 16.5. The summed E-state index contributed by atoms with van der Waals surface area (Å²) in [6, 6.07) is 0.506. The van der Waals surface area contributed by atoms with Crippen LogP contribution in [0.2, 0.25) is 0 Å². The third kappa shape index (κ3) is 4.01. The summed E-state index contributed by atoms with van der Waals surface area (Å²) in [6.45, 7) is 8.74. The summed E-state index contributed by atoms with van der Waals surface area (Å²) in [7, 11) is 1.71. The minimum Gasteiger partial charge on any atom is -0.383 e. The molecule has 1 aromatic heterocycles. The molecule has 1 rings (SSSR count). The van der Waals surface area contributed by atoms with Crippen molar-refractivity contribution in [1.82, 2.24) is 15.1 Å². The van der Waals surface area contributed by atoms with E-state index in [1.807, 2.05) is 11.6 Å². The Balaban J connectivity index is 2.52. The van der Waals surface area contributed by atoms with E-state index in [1.54, 1.807) is 7.11 Å². The topological polar surface area (TPSA) is 39.1 Å². The molecule has 0 aromatic carbocycles. The molecular formula is C11H21N3O. The SMILES string of the molecule is COCCn1cc(CNC(C)C)c(C)n1. The van der Waals surface area contributed by atoms with Gasteiger partial charge >= 0.3 is 0 Å². The Morgan fingerprint density at radius 1 is 1.53 bits per heavy atom. The number of rotatable bonds is 6. The largest absolute Gasteiger partial charge is 0.383 e. The molecule has 4 nitrogen and oxygen atoms in total. The van der Waals surface area contributed by atoms with Crippen LogP contribution in [0.3, 0.4) is 0 Å². The highest BCUT2D eigenvalue weighted by Crippen LogP contribution is 2.05. The average molecular weight is 211 g/mol. The standard InChI is InChI=1S/C11H21N3O/c1-9(2)12-7-11-8-14(5-6-15-4)13-10(11)3/h8-9,12H,5-7H2,1-4H3. The molecule has 0 radical (unpaired) electrons. The average Bonchev–Trinajstić information content (AvgIpc) is 2.53. The van der Waals surface area contributed by atoms with Gasteiger partial charge in [0.05, 0.1) is 18.8 Å². The number of methoxy groups -OCH3 is 1. The lowest BCUT2D eigenvalue weighted by Gasteiger charge is -2.06. The zero-order chi connectivity index (χ0) is 11.3. The van der Waals surface area contributed by atoms with Crippen LogP contribution in [-0.2, 0) is 17.8 Å². The smallest absolute Gasteiger partial charge is 0.0658 e. The fourth-order valence-corrected chi connectivity index (χ4v) is 1.35. The monoisotopic (exact) mass is 211 g/mol. The molecule has 0 atom stereocenters. The van der Waals surface area contributed by atoms with E-state index < -0.39 is 0 Å². The van der Waals surface area contributed by atoms with E-state index in [0.717, 1.165) is 18.8 Å². The number of aryl methyl sites for hydroxylation is 1. The van der Waals surface area contributed by atoms with E-state index >= 15 is 0 Å². The first-order valence-electron chi connectivity index (χ1n) is 5.38. The van der Waals surface area contributed by atoms with Crippen LogP contribution in [0.1, 0.15) is 25.1 Å². The predicted octanol–water partition coefficient (Wildman–Crippen LogP) is 1.34. The summed E-state index contributed by atoms with van der Waals surface area (Å²) < 4.78 is 6.96. The molecule has 0 aliphatic rings. The van der Waals surface area contributed by atoms with Crippen molar-refractivity contribution in [3.63, 3.8) is 0 Å². The van der Waals surface area contributed by atoms with Crippen LogP contribution in [-0.4, -0.2) is 29.5 Å². The molecule has 1 N–H and O–H groups in total. The third-order valence-electron chi connectivity index (χ3n) is 2.27. The fourth-order valence-electron chi connectivity index (χ4n) is 1.35. The van der Waals surface area contributed by atoms with Gasteiger partial charge in [-0.25, -0.2) is 0 Å². The molecule has 0 aliphatic carbocycles. The van der Waals surface area contributed by atoms with Crippen LogP contribution in [0.15, 0.2) is 6.20 Å². The highest BCUT2D eigenvalue weighted by Gasteiger charge is 2.04. The van der Waals surface area contributed by atoms with Gasteiger partial charge in [-0.2, -0.15) is 5.10 Å². The number of hydrogen-bond acceptors (Lipinski definition) is 3. The van der Waals surface area contributed by atoms with Crippen LogP contribution in [0.5, 0.6) is 0 Å². The van der Waals surface area contributed by atoms with E-state index in [9.17, 15) is 0 Å². The van der Waals surface area contributed by atoms with Gasteiger partial charge in [0.1, 0.15) is 0 Å². The van der Waals surface area contributed by atoms with Crippen LogP contribution < -0.4 is 5.32 Å². The molecule has 0 spiro atoms. The first-order chi connectivity index (χ1) is 7.13. The second-order valence-electron chi connectivity index (χ2n) is 4.03. The van der Waals surface area contributed by atoms with Gasteiger partial charge < -0.3 is 10.1 Å². The summed E-state index contributed by atoms with van der Waals surface area (Å²) in [5.74, 6) is 0. The highest BCUT2D eigenvalue weighted by molar-refractivity contribution is 5.15. The van der Waals surface area contributed by atoms with Gasteiger partial charge in [-0.15, -0.1) is 0 Å². The van der Waals surface area contributed by atoms with Crippen molar-refractivity contribution >= 4 is 0 Å². The van der Waals surface area contributed by atoms with Crippen molar-refractivity contribution in [1.29, 1.82) is 0 Å². The molecule has 15 heavy (non-hydrogen) atoms. The molecule has 0 bridgehead atoms. The lowest BCUT2D eigenvalue weighted by atomic mass is 10.2. The quantitative estimate of drug-likeness (QED) is 0.771. The maximum atomic E-state index is 5.02. The van der Waals surface area contributed by atoms with E-state index in [-0.39, 0.29) is 0 Å². The Labute approximate surface area is 91.6 Å². The van der Waals surface area contributed by atoms with Crippen LogP contribution in [0.4, 0.5) is 0 Å². The van der Waals surface area contributed by atoms with Gasteiger partial charge in [-0.05, 0) is 6.92 Å². The summed E-state index contributed by atoms with van der Waals surface area (Å²) in [6.07, 6.45) is 2.09. The zero-order valence-electron chi connectivity index (χ0n) is 10.1. The predicted molar refractivity (Wildman–Crippen MR) is 60.8 cm³/mol. The Kier molecular flexibility index (Phi) is 4.78. The van der Waals surface area contributed by atoms with E-state index in [2.05, 4.69) is 30.5 Å². The summed E-state index contributed by atoms with van der Waals surface area (Å²) in [5.41, 5.74) is 2.36. The van der Waals surface area contributed by atoms with Crippen LogP contribution >= 0.6 is 0 Å². The Morgan fingerprint density at radius 3 is 2.87 bits per heavy atom. The van der Waals surface area contributed by atoms with Crippen molar-refractivity contribution in [3.8, 4) is 0 Å².